The lowest BCUT2D eigenvalue weighted by molar-refractivity contribution is -0.257. The van der Waals surface area contributed by atoms with Crippen LogP contribution >= 0.6 is 0 Å². The molecule has 4 aromatic carbocycles. The van der Waals surface area contributed by atoms with Crippen molar-refractivity contribution < 1.29 is 14.6 Å². The van der Waals surface area contributed by atoms with Gasteiger partial charge in [0, 0.05) is 17.7 Å². The van der Waals surface area contributed by atoms with Gasteiger partial charge in [-0.3, -0.25) is 0 Å². The first-order valence-electron chi connectivity index (χ1n) is 8.18. The molecule has 0 unspecified atom stereocenters. The molecule has 0 bridgehead atoms. The summed E-state index contributed by atoms with van der Waals surface area (Å²) in [6.07, 6.45) is 0. The molecule has 0 fully saturated rings. The lowest BCUT2D eigenvalue weighted by Crippen LogP contribution is -2.38. The fourth-order valence-corrected chi connectivity index (χ4v) is 3.00. The standard InChI is InChI=1S/C22H18O3/c1-22(23,24-20-14-6-10-16-8-2-4-12-18(16)20)25-21-15-7-11-17-9-3-5-13-19(17)21/h2-15,23H,1H3. The van der Waals surface area contributed by atoms with Gasteiger partial charge in [-0.1, -0.05) is 72.8 Å². The Morgan fingerprint density at radius 1 is 0.600 bits per heavy atom. The molecule has 0 aromatic heterocycles. The van der Waals surface area contributed by atoms with Crippen molar-refractivity contribution in [3.63, 3.8) is 0 Å². The molecule has 0 saturated heterocycles. The van der Waals surface area contributed by atoms with Gasteiger partial charge in [0.1, 0.15) is 11.5 Å². The van der Waals surface area contributed by atoms with Crippen molar-refractivity contribution in [1.82, 2.24) is 0 Å². The third-order valence-electron chi connectivity index (χ3n) is 4.10. The lowest BCUT2D eigenvalue weighted by Gasteiger charge is -2.26. The van der Waals surface area contributed by atoms with Crippen LogP contribution in [-0.4, -0.2) is 11.1 Å². The van der Waals surface area contributed by atoms with Crippen molar-refractivity contribution >= 4 is 21.5 Å². The van der Waals surface area contributed by atoms with E-state index in [0.29, 0.717) is 11.5 Å². The van der Waals surface area contributed by atoms with Gasteiger partial charge in [0.2, 0.25) is 0 Å². The van der Waals surface area contributed by atoms with Gasteiger partial charge in [-0.25, -0.2) is 0 Å². The van der Waals surface area contributed by atoms with E-state index in [1.165, 1.54) is 6.92 Å². The maximum atomic E-state index is 10.7. The third-order valence-corrected chi connectivity index (χ3v) is 4.10. The van der Waals surface area contributed by atoms with Crippen LogP contribution in [0.5, 0.6) is 11.5 Å². The predicted molar refractivity (Wildman–Crippen MR) is 99.8 cm³/mol. The van der Waals surface area contributed by atoms with Gasteiger partial charge in [-0.2, -0.15) is 0 Å². The minimum absolute atomic E-state index is 0.573. The summed E-state index contributed by atoms with van der Waals surface area (Å²) in [5.41, 5.74) is 0. The lowest BCUT2D eigenvalue weighted by atomic mass is 10.1. The van der Waals surface area contributed by atoms with Gasteiger partial charge in [0.25, 0.3) is 0 Å². The first-order valence-corrected chi connectivity index (χ1v) is 8.18. The largest absolute Gasteiger partial charge is 0.430 e. The van der Waals surface area contributed by atoms with Crippen molar-refractivity contribution in [2.75, 3.05) is 0 Å². The van der Waals surface area contributed by atoms with E-state index in [4.69, 9.17) is 9.47 Å². The average Bonchev–Trinajstić information content (AvgIpc) is 2.62. The first kappa shape index (κ1) is 15.5. The molecule has 1 N–H and O–H groups in total. The number of hydrogen-bond donors (Lipinski definition) is 1. The second-order valence-electron chi connectivity index (χ2n) is 6.06. The molecule has 0 aliphatic heterocycles. The molecule has 0 atom stereocenters. The Bertz CT molecular complexity index is 943. The van der Waals surface area contributed by atoms with Gasteiger partial charge in [-0.15, -0.1) is 0 Å². The van der Waals surface area contributed by atoms with Crippen LogP contribution in [0.1, 0.15) is 6.92 Å². The van der Waals surface area contributed by atoms with Crippen LogP contribution in [0.2, 0.25) is 0 Å². The fourth-order valence-electron chi connectivity index (χ4n) is 3.00. The first-order chi connectivity index (χ1) is 12.1. The second kappa shape index (κ2) is 6.11. The van der Waals surface area contributed by atoms with E-state index < -0.39 is 5.97 Å². The Labute approximate surface area is 146 Å². The Kier molecular flexibility index (Phi) is 3.79. The SMILES string of the molecule is CC(O)(Oc1cccc2ccccc12)Oc1cccc2ccccc12. The Hall–Kier alpha value is -3.04. The molecule has 0 amide bonds. The summed E-state index contributed by atoms with van der Waals surface area (Å²) in [4.78, 5) is 0. The highest BCUT2D eigenvalue weighted by molar-refractivity contribution is 5.89. The molecule has 0 radical (unpaired) electrons. The Morgan fingerprint density at radius 3 is 1.48 bits per heavy atom. The minimum Gasteiger partial charge on any atom is -0.430 e. The van der Waals surface area contributed by atoms with Crippen molar-refractivity contribution in [2.24, 2.45) is 0 Å². The van der Waals surface area contributed by atoms with E-state index in [2.05, 4.69) is 0 Å². The number of benzene rings is 4. The molecule has 124 valence electrons. The second-order valence-corrected chi connectivity index (χ2v) is 6.06. The number of aliphatic hydroxyl groups is 1. The summed E-state index contributed by atoms with van der Waals surface area (Å²) in [6, 6.07) is 27.2. The summed E-state index contributed by atoms with van der Waals surface area (Å²) >= 11 is 0. The molecule has 4 rings (SSSR count). The molecule has 0 saturated carbocycles. The van der Waals surface area contributed by atoms with Crippen LogP contribution in [0.15, 0.2) is 84.9 Å². The van der Waals surface area contributed by atoms with E-state index in [0.717, 1.165) is 21.5 Å². The molecule has 3 nitrogen and oxygen atoms in total. The zero-order valence-corrected chi connectivity index (χ0v) is 13.8. The third kappa shape index (κ3) is 3.14. The maximum Gasteiger partial charge on any atom is 0.366 e. The average molecular weight is 330 g/mol. The van der Waals surface area contributed by atoms with E-state index >= 15 is 0 Å². The van der Waals surface area contributed by atoms with Gasteiger partial charge >= 0.3 is 5.97 Å². The summed E-state index contributed by atoms with van der Waals surface area (Å²) in [6.45, 7) is 1.50. The monoisotopic (exact) mass is 330 g/mol. The molecular formula is C22H18O3. The van der Waals surface area contributed by atoms with Crippen molar-refractivity contribution in [3.05, 3.63) is 84.9 Å². The van der Waals surface area contributed by atoms with E-state index in [-0.39, 0.29) is 0 Å². The van der Waals surface area contributed by atoms with Gasteiger partial charge < -0.3 is 14.6 Å². The highest BCUT2D eigenvalue weighted by Crippen LogP contribution is 2.31. The van der Waals surface area contributed by atoms with Crippen molar-refractivity contribution in [2.45, 2.75) is 12.9 Å². The van der Waals surface area contributed by atoms with Crippen LogP contribution in [0.25, 0.3) is 21.5 Å². The van der Waals surface area contributed by atoms with E-state index in [1.54, 1.807) is 0 Å². The molecule has 0 aliphatic rings. The number of ether oxygens (including phenoxy) is 2. The molecule has 4 aromatic rings. The Morgan fingerprint density at radius 2 is 1.00 bits per heavy atom. The molecule has 0 spiro atoms. The smallest absolute Gasteiger partial charge is 0.366 e. The van der Waals surface area contributed by atoms with Gasteiger partial charge in [0.15, 0.2) is 0 Å². The van der Waals surface area contributed by atoms with Crippen LogP contribution in [0.3, 0.4) is 0 Å². The molecule has 0 aliphatic carbocycles. The molecule has 3 heteroatoms. The highest BCUT2D eigenvalue weighted by Gasteiger charge is 2.26. The van der Waals surface area contributed by atoms with Crippen LogP contribution in [0.4, 0.5) is 0 Å². The summed E-state index contributed by atoms with van der Waals surface area (Å²) in [5, 5.41) is 14.6. The van der Waals surface area contributed by atoms with E-state index in [1.807, 2.05) is 84.9 Å². The number of rotatable bonds is 4. The molecular weight excluding hydrogens is 312 g/mol. The zero-order valence-electron chi connectivity index (χ0n) is 13.8. The van der Waals surface area contributed by atoms with Crippen LogP contribution < -0.4 is 9.47 Å². The predicted octanol–water partition coefficient (Wildman–Crippen LogP) is 5.12. The normalized spacial score (nSPS) is 11.6. The van der Waals surface area contributed by atoms with Crippen molar-refractivity contribution in [1.29, 1.82) is 0 Å². The number of fused-ring (bicyclic) bond motifs is 2. The van der Waals surface area contributed by atoms with Crippen LogP contribution in [-0.2, 0) is 0 Å². The summed E-state index contributed by atoms with van der Waals surface area (Å²) in [7, 11) is 0. The van der Waals surface area contributed by atoms with Gasteiger partial charge in [0.05, 0.1) is 0 Å². The van der Waals surface area contributed by atoms with E-state index in [9.17, 15) is 5.11 Å². The Balaban J connectivity index is 1.67. The van der Waals surface area contributed by atoms with Crippen molar-refractivity contribution in [3.8, 4) is 11.5 Å². The maximum absolute atomic E-state index is 10.7. The quantitative estimate of drug-likeness (QED) is 0.528. The van der Waals surface area contributed by atoms with Crippen LogP contribution in [0, 0.1) is 0 Å². The summed E-state index contributed by atoms with van der Waals surface area (Å²) < 4.78 is 11.6. The summed E-state index contributed by atoms with van der Waals surface area (Å²) in [5.74, 6) is -0.652. The zero-order chi connectivity index (χ0) is 17.3. The minimum atomic E-state index is -1.80. The molecule has 25 heavy (non-hydrogen) atoms. The number of hydrogen-bond acceptors (Lipinski definition) is 3. The fraction of sp³-hybridized carbons (Fsp3) is 0.0909. The molecule has 0 heterocycles. The topological polar surface area (TPSA) is 38.7 Å². The van der Waals surface area contributed by atoms with Gasteiger partial charge in [-0.05, 0) is 22.9 Å². The highest BCUT2D eigenvalue weighted by atomic mass is 16.8.